The monoisotopic (exact) mass is 233 g/mol. The van der Waals surface area contributed by atoms with E-state index in [1.54, 1.807) is 12.1 Å². The van der Waals surface area contributed by atoms with Crippen molar-refractivity contribution >= 4 is 5.97 Å². The van der Waals surface area contributed by atoms with E-state index >= 15 is 0 Å². The van der Waals surface area contributed by atoms with Crippen molar-refractivity contribution in [3.05, 3.63) is 34.4 Å². The molecule has 0 saturated carbocycles. The Kier molecular flexibility index (Phi) is 2.74. The summed E-state index contributed by atoms with van der Waals surface area (Å²) < 4.78 is 0. The molecule has 0 aliphatic heterocycles. The van der Waals surface area contributed by atoms with Crippen LogP contribution in [-0.2, 0) is 5.41 Å². The Bertz CT molecular complexity index is 477. The number of benzene rings is 1. The van der Waals surface area contributed by atoms with Gasteiger partial charge in [0.25, 0.3) is 0 Å². The maximum Gasteiger partial charge on any atom is 0.335 e. The summed E-state index contributed by atoms with van der Waals surface area (Å²) in [5.41, 5.74) is 9.78. The summed E-state index contributed by atoms with van der Waals surface area (Å²) in [6, 6.07) is 3.56. The van der Waals surface area contributed by atoms with Crippen molar-refractivity contribution in [2.75, 3.05) is 0 Å². The number of aryl methyl sites for hydroxylation is 1. The summed E-state index contributed by atoms with van der Waals surface area (Å²) in [7, 11) is 0. The largest absolute Gasteiger partial charge is 0.478 e. The Labute approximate surface area is 102 Å². The van der Waals surface area contributed by atoms with E-state index in [-0.39, 0.29) is 11.5 Å². The molecule has 1 unspecified atom stereocenters. The smallest absolute Gasteiger partial charge is 0.335 e. The summed E-state index contributed by atoms with van der Waals surface area (Å²) in [6.45, 7) is 6.26. The Morgan fingerprint density at radius 1 is 1.47 bits per heavy atom. The van der Waals surface area contributed by atoms with Crippen LogP contribution in [0.5, 0.6) is 0 Å². The van der Waals surface area contributed by atoms with Gasteiger partial charge in [0.05, 0.1) is 5.56 Å². The van der Waals surface area contributed by atoms with Crippen molar-refractivity contribution in [3.8, 4) is 0 Å². The molecule has 0 saturated heterocycles. The van der Waals surface area contributed by atoms with Crippen molar-refractivity contribution in [1.29, 1.82) is 0 Å². The van der Waals surface area contributed by atoms with Crippen LogP contribution in [-0.4, -0.2) is 11.1 Å². The predicted molar refractivity (Wildman–Crippen MR) is 67.3 cm³/mol. The minimum Gasteiger partial charge on any atom is -0.478 e. The minimum atomic E-state index is -0.870. The SMILES string of the molecule is Cc1cc(C(=O)O)cc2c1C(N)CCC2(C)C. The standard InChI is InChI=1S/C14H19NO2/c1-8-6-9(13(16)17)7-10-12(8)11(15)4-5-14(10,2)3/h6-7,11H,4-5,15H2,1-3H3,(H,16,17). The highest BCUT2D eigenvalue weighted by molar-refractivity contribution is 5.88. The quantitative estimate of drug-likeness (QED) is 0.784. The van der Waals surface area contributed by atoms with Gasteiger partial charge in [0.15, 0.2) is 0 Å². The summed E-state index contributed by atoms with van der Waals surface area (Å²) in [6.07, 6.45) is 1.97. The molecule has 0 spiro atoms. The molecule has 1 aliphatic carbocycles. The second kappa shape index (κ2) is 3.84. The summed E-state index contributed by atoms with van der Waals surface area (Å²) in [4.78, 5) is 11.1. The van der Waals surface area contributed by atoms with Gasteiger partial charge < -0.3 is 10.8 Å². The van der Waals surface area contributed by atoms with Crippen LogP contribution in [0.3, 0.4) is 0 Å². The van der Waals surface area contributed by atoms with Gasteiger partial charge in [0, 0.05) is 6.04 Å². The van der Waals surface area contributed by atoms with E-state index in [0.717, 1.165) is 29.5 Å². The normalized spacial score (nSPS) is 22.0. The number of nitrogens with two attached hydrogens (primary N) is 1. The molecule has 1 aromatic carbocycles. The molecule has 1 atom stereocenters. The summed E-state index contributed by atoms with van der Waals surface area (Å²) >= 11 is 0. The molecule has 3 nitrogen and oxygen atoms in total. The van der Waals surface area contributed by atoms with Gasteiger partial charge in [-0.2, -0.15) is 0 Å². The average Bonchev–Trinajstić information content (AvgIpc) is 2.23. The molecule has 1 aliphatic rings. The molecule has 92 valence electrons. The van der Waals surface area contributed by atoms with Crippen molar-refractivity contribution in [2.24, 2.45) is 5.73 Å². The van der Waals surface area contributed by atoms with Crippen molar-refractivity contribution in [2.45, 2.75) is 45.1 Å². The minimum absolute atomic E-state index is 0.0153. The number of hydrogen-bond acceptors (Lipinski definition) is 2. The van der Waals surface area contributed by atoms with Crippen LogP contribution in [0.15, 0.2) is 12.1 Å². The highest BCUT2D eigenvalue weighted by atomic mass is 16.4. The lowest BCUT2D eigenvalue weighted by atomic mass is 9.69. The van der Waals surface area contributed by atoms with Crippen molar-refractivity contribution < 1.29 is 9.90 Å². The second-order valence-corrected chi connectivity index (χ2v) is 5.59. The topological polar surface area (TPSA) is 63.3 Å². The number of carboxylic acids is 1. The summed E-state index contributed by atoms with van der Waals surface area (Å²) in [5.74, 6) is -0.870. The Morgan fingerprint density at radius 3 is 2.71 bits per heavy atom. The molecule has 0 amide bonds. The zero-order chi connectivity index (χ0) is 12.8. The molecule has 0 aromatic heterocycles. The molecule has 3 heteroatoms. The van der Waals surface area contributed by atoms with E-state index in [9.17, 15) is 4.79 Å². The van der Waals surface area contributed by atoms with Gasteiger partial charge in [-0.25, -0.2) is 4.79 Å². The first kappa shape index (κ1) is 12.1. The van der Waals surface area contributed by atoms with Crippen LogP contribution in [0.4, 0.5) is 0 Å². The van der Waals surface area contributed by atoms with Gasteiger partial charge >= 0.3 is 5.97 Å². The van der Waals surface area contributed by atoms with Gasteiger partial charge in [0.2, 0.25) is 0 Å². The van der Waals surface area contributed by atoms with Crippen LogP contribution in [0, 0.1) is 6.92 Å². The molecule has 0 bridgehead atoms. The molecule has 1 aromatic rings. The predicted octanol–water partition coefficient (Wildman–Crippen LogP) is 2.76. The molecule has 17 heavy (non-hydrogen) atoms. The number of carboxylic acid groups (broad SMARTS) is 1. The van der Waals surface area contributed by atoms with E-state index in [1.165, 1.54) is 0 Å². The van der Waals surface area contributed by atoms with Crippen LogP contribution < -0.4 is 5.73 Å². The fraction of sp³-hybridized carbons (Fsp3) is 0.500. The van der Waals surface area contributed by atoms with Gasteiger partial charge in [-0.15, -0.1) is 0 Å². The van der Waals surface area contributed by atoms with Crippen LogP contribution in [0.25, 0.3) is 0 Å². The zero-order valence-electron chi connectivity index (χ0n) is 10.6. The van der Waals surface area contributed by atoms with Gasteiger partial charge in [-0.1, -0.05) is 13.8 Å². The molecule has 0 radical (unpaired) electrons. The third-order valence-electron chi connectivity index (χ3n) is 3.81. The van der Waals surface area contributed by atoms with Crippen LogP contribution in [0.2, 0.25) is 0 Å². The zero-order valence-corrected chi connectivity index (χ0v) is 10.6. The maximum atomic E-state index is 11.1. The third kappa shape index (κ3) is 1.95. The van der Waals surface area contributed by atoms with Gasteiger partial charge in [0.1, 0.15) is 0 Å². The lowest BCUT2D eigenvalue weighted by Gasteiger charge is -2.37. The number of rotatable bonds is 1. The first-order valence-electron chi connectivity index (χ1n) is 5.97. The number of carbonyl (C=O) groups is 1. The average molecular weight is 233 g/mol. The van der Waals surface area contributed by atoms with Crippen molar-refractivity contribution in [3.63, 3.8) is 0 Å². The van der Waals surface area contributed by atoms with Crippen LogP contribution in [0.1, 0.15) is 59.8 Å². The Hall–Kier alpha value is -1.35. The lowest BCUT2D eigenvalue weighted by molar-refractivity contribution is 0.0696. The molecule has 0 heterocycles. The number of fused-ring (bicyclic) bond motifs is 1. The van der Waals surface area contributed by atoms with E-state index in [4.69, 9.17) is 10.8 Å². The fourth-order valence-corrected chi connectivity index (χ4v) is 2.77. The third-order valence-corrected chi connectivity index (χ3v) is 3.81. The van der Waals surface area contributed by atoms with E-state index in [0.29, 0.717) is 5.56 Å². The second-order valence-electron chi connectivity index (χ2n) is 5.59. The molecular weight excluding hydrogens is 214 g/mol. The number of aromatic carboxylic acids is 1. The maximum absolute atomic E-state index is 11.1. The molecular formula is C14H19NO2. The van der Waals surface area contributed by atoms with E-state index in [2.05, 4.69) is 13.8 Å². The Balaban J connectivity index is 2.68. The number of hydrogen-bond donors (Lipinski definition) is 2. The molecule has 0 fully saturated rings. The molecule has 2 rings (SSSR count). The van der Waals surface area contributed by atoms with Crippen LogP contribution >= 0.6 is 0 Å². The highest BCUT2D eigenvalue weighted by Gasteiger charge is 2.32. The molecule has 3 N–H and O–H groups in total. The van der Waals surface area contributed by atoms with E-state index in [1.807, 2.05) is 6.92 Å². The fourth-order valence-electron chi connectivity index (χ4n) is 2.77. The Morgan fingerprint density at radius 2 is 2.12 bits per heavy atom. The summed E-state index contributed by atoms with van der Waals surface area (Å²) in [5, 5.41) is 9.12. The van der Waals surface area contributed by atoms with E-state index < -0.39 is 5.97 Å². The highest BCUT2D eigenvalue weighted by Crippen LogP contribution is 2.42. The van der Waals surface area contributed by atoms with Gasteiger partial charge in [-0.3, -0.25) is 0 Å². The lowest BCUT2D eigenvalue weighted by Crippen LogP contribution is -2.30. The van der Waals surface area contributed by atoms with Crippen molar-refractivity contribution in [1.82, 2.24) is 0 Å². The first-order chi connectivity index (χ1) is 7.83. The first-order valence-corrected chi connectivity index (χ1v) is 5.97. The van der Waals surface area contributed by atoms with Gasteiger partial charge in [-0.05, 0) is 54.0 Å².